The summed E-state index contributed by atoms with van der Waals surface area (Å²) in [6, 6.07) is 12.5. The lowest BCUT2D eigenvalue weighted by Crippen LogP contribution is -2.37. The second-order valence-electron chi connectivity index (χ2n) is 10.3. The summed E-state index contributed by atoms with van der Waals surface area (Å²) in [6.07, 6.45) is -4.57. The Kier molecular flexibility index (Phi) is 9.46. The molecule has 1 unspecified atom stereocenters. The van der Waals surface area contributed by atoms with E-state index in [2.05, 4.69) is 15.2 Å². The maximum atomic E-state index is 13.5. The number of hydrogen-bond donors (Lipinski definition) is 1. The second-order valence-corrected chi connectivity index (χ2v) is 11.9. The van der Waals surface area contributed by atoms with E-state index in [-0.39, 0.29) is 40.8 Å². The zero-order valence-corrected chi connectivity index (χ0v) is 24.6. The molecule has 0 radical (unpaired) electrons. The zero-order valence-electron chi connectivity index (χ0n) is 23.8. The Labute approximate surface area is 250 Å². The number of rotatable bonds is 10. The zero-order chi connectivity index (χ0) is 32.2. The molecule has 4 rings (SSSR count). The number of hydrogen-bond acceptors (Lipinski definition) is 9. The first-order valence-corrected chi connectivity index (χ1v) is 14.8. The molecule has 1 aliphatic heterocycles. The van der Waals surface area contributed by atoms with Crippen LogP contribution in [0.15, 0.2) is 64.8 Å². The predicted molar refractivity (Wildman–Crippen MR) is 147 cm³/mol. The van der Waals surface area contributed by atoms with Crippen molar-refractivity contribution < 1.29 is 45.7 Å². The average molecular weight is 639 g/mol. The van der Waals surface area contributed by atoms with Crippen LogP contribution >= 0.6 is 0 Å². The molecule has 0 saturated carbocycles. The first-order valence-electron chi connectivity index (χ1n) is 13.3. The van der Waals surface area contributed by atoms with Crippen molar-refractivity contribution in [1.82, 2.24) is 19.5 Å². The van der Waals surface area contributed by atoms with Crippen LogP contribution in [0.25, 0.3) is 16.9 Å². The fourth-order valence-corrected chi connectivity index (χ4v) is 5.22. The molecule has 17 heteroatoms. The Hall–Kier alpha value is -4.67. The third-order valence-electron chi connectivity index (χ3n) is 6.61. The van der Waals surface area contributed by atoms with Gasteiger partial charge in [-0.25, -0.2) is 17.8 Å². The summed E-state index contributed by atoms with van der Waals surface area (Å²) in [7, 11) is -4.37. The van der Waals surface area contributed by atoms with Gasteiger partial charge in [0.15, 0.2) is 5.69 Å². The molecule has 1 fully saturated rings. The molecular formula is C27H29F3N6O7S. The van der Waals surface area contributed by atoms with Gasteiger partial charge in [0.2, 0.25) is 11.2 Å². The van der Waals surface area contributed by atoms with Gasteiger partial charge in [0.1, 0.15) is 0 Å². The van der Waals surface area contributed by atoms with Crippen LogP contribution in [0.1, 0.15) is 31.5 Å². The first-order chi connectivity index (χ1) is 20.7. The Bertz CT molecular complexity index is 1640. The Morgan fingerprint density at radius 1 is 1.16 bits per heavy atom. The van der Waals surface area contributed by atoms with E-state index < -0.39 is 52.4 Å². The number of amides is 1. The van der Waals surface area contributed by atoms with Gasteiger partial charge in [0.05, 0.1) is 46.2 Å². The van der Waals surface area contributed by atoms with Gasteiger partial charge in [-0.1, -0.05) is 43.7 Å². The first kappa shape index (κ1) is 32.2. The summed E-state index contributed by atoms with van der Waals surface area (Å²) in [6.45, 7) is 4.39. The third kappa shape index (κ3) is 7.64. The van der Waals surface area contributed by atoms with Crippen molar-refractivity contribution in [2.24, 2.45) is 17.1 Å². The van der Waals surface area contributed by atoms with E-state index in [9.17, 15) is 36.4 Å². The summed E-state index contributed by atoms with van der Waals surface area (Å²) < 4.78 is 74.1. The van der Waals surface area contributed by atoms with Crippen molar-refractivity contribution in [3.8, 4) is 16.9 Å². The molecule has 44 heavy (non-hydrogen) atoms. The molecule has 0 spiro atoms. The number of aromatic nitrogens is 2. The minimum absolute atomic E-state index is 0.0715. The largest absolute Gasteiger partial charge is 0.569 e. The highest BCUT2D eigenvalue weighted by Crippen LogP contribution is 2.33. The van der Waals surface area contributed by atoms with E-state index in [1.165, 1.54) is 12.1 Å². The molecule has 2 aromatic carbocycles. The Morgan fingerprint density at radius 2 is 1.82 bits per heavy atom. The molecule has 1 aromatic heterocycles. The van der Waals surface area contributed by atoms with Crippen molar-refractivity contribution in [2.75, 3.05) is 19.9 Å². The van der Waals surface area contributed by atoms with E-state index in [0.29, 0.717) is 5.56 Å². The van der Waals surface area contributed by atoms with E-state index in [1.807, 2.05) is 11.6 Å². The van der Waals surface area contributed by atoms with Gasteiger partial charge < -0.3 is 14.8 Å². The number of halogens is 3. The monoisotopic (exact) mass is 638 g/mol. The van der Waals surface area contributed by atoms with Crippen LogP contribution < -0.4 is 4.72 Å². The standard InChI is InChI=1S/C27H29F3N6O7S/c1-17(2)26(38)42-16-43-33-36(39)34-13-12-20(15-34)25(37)32-44(40,41)22-10-8-21(9-11-22)35-23(14-24(31-35)27(28,29)30)19-6-4-18(3)5-7-19/h4-11,14,17,20H,12-13,15-16H2,1-3H3,(H,32,37). The SMILES string of the molecule is Cc1ccc(-c2cc(C(F)(F)F)nn2-c2ccc(S(=O)(=O)NC(=O)C3CCN([N+]([O-])=NOCOC(=O)C(C)C)C3)cc2)cc1. The highest BCUT2D eigenvalue weighted by molar-refractivity contribution is 7.90. The highest BCUT2D eigenvalue weighted by atomic mass is 32.2. The third-order valence-corrected chi connectivity index (χ3v) is 7.97. The van der Waals surface area contributed by atoms with E-state index in [0.717, 1.165) is 33.5 Å². The lowest BCUT2D eigenvalue weighted by Gasteiger charge is -2.13. The van der Waals surface area contributed by atoms with Crippen molar-refractivity contribution in [1.29, 1.82) is 0 Å². The predicted octanol–water partition coefficient (Wildman–Crippen LogP) is 3.96. The number of aryl methyl sites for hydroxylation is 1. The minimum atomic E-state index is -4.71. The van der Waals surface area contributed by atoms with Crippen LogP contribution in [0, 0.1) is 24.0 Å². The summed E-state index contributed by atoms with van der Waals surface area (Å²) in [4.78, 5) is 28.5. The number of nitrogens with one attached hydrogen (secondary N) is 1. The van der Waals surface area contributed by atoms with Crippen molar-refractivity contribution >= 4 is 21.9 Å². The van der Waals surface area contributed by atoms with Crippen molar-refractivity contribution in [3.05, 3.63) is 71.1 Å². The normalized spacial score (nSPS) is 15.8. The van der Waals surface area contributed by atoms with Gasteiger partial charge >= 0.3 is 12.1 Å². The molecule has 1 N–H and O–H groups in total. The molecule has 0 aliphatic carbocycles. The molecule has 13 nitrogen and oxygen atoms in total. The van der Waals surface area contributed by atoms with E-state index in [4.69, 9.17) is 4.74 Å². The topological polar surface area (TPSA) is 158 Å². The Morgan fingerprint density at radius 3 is 2.43 bits per heavy atom. The molecule has 236 valence electrons. The number of nitrogens with zero attached hydrogens (tertiary/aromatic N) is 5. The summed E-state index contributed by atoms with van der Waals surface area (Å²) in [5.74, 6) is -2.68. The lowest BCUT2D eigenvalue weighted by molar-refractivity contribution is -0.708. The van der Waals surface area contributed by atoms with Crippen LogP contribution in [0.4, 0.5) is 13.2 Å². The number of hydrazine groups is 1. The number of carbonyl (C=O) groups is 2. The number of esters is 1. The van der Waals surface area contributed by atoms with Gasteiger partial charge in [-0.2, -0.15) is 18.3 Å². The number of sulfonamides is 1. The van der Waals surface area contributed by atoms with Crippen LogP contribution in [-0.2, 0) is 35.4 Å². The molecule has 1 amide bonds. The lowest BCUT2D eigenvalue weighted by atomic mass is 10.1. The van der Waals surface area contributed by atoms with E-state index >= 15 is 0 Å². The van der Waals surface area contributed by atoms with E-state index in [1.54, 1.807) is 38.1 Å². The van der Waals surface area contributed by atoms with Crippen LogP contribution in [0.3, 0.4) is 0 Å². The maximum Gasteiger partial charge on any atom is 0.435 e. The van der Waals surface area contributed by atoms with Gasteiger partial charge in [-0.15, -0.1) is 5.01 Å². The number of alkyl halides is 3. The van der Waals surface area contributed by atoms with Crippen molar-refractivity contribution in [2.45, 2.75) is 38.3 Å². The molecule has 1 atom stereocenters. The number of carbonyl (C=O) groups excluding carboxylic acids is 2. The van der Waals surface area contributed by atoms with Gasteiger partial charge in [0.25, 0.3) is 16.8 Å². The van der Waals surface area contributed by atoms with Gasteiger partial charge in [-0.3, -0.25) is 9.59 Å². The minimum Gasteiger partial charge on any atom is -0.569 e. The maximum absolute atomic E-state index is 13.5. The molecule has 3 aromatic rings. The highest BCUT2D eigenvalue weighted by Gasteiger charge is 2.36. The fourth-order valence-electron chi connectivity index (χ4n) is 4.17. The average Bonchev–Trinajstić information content (AvgIpc) is 3.64. The summed E-state index contributed by atoms with van der Waals surface area (Å²) >= 11 is 0. The molecular weight excluding hydrogens is 609 g/mol. The molecule has 2 heterocycles. The van der Waals surface area contributed by atoms with Gasteiger partial charge in [-0.05, 0) is 43.7 Å². The molecule has 0 bridgehead atoms. The fraction of sp³-hybridized carbons (Fsp3) is 0.370. The van der Waals surface area contributed by atoms with Crippen molar-refractivity contribution in [3.63, 3.8) is 0 Å². The Balaban J connectivity index is 1.43. The molecule has 1 saturated heterocycles. The quantitative estimate of drug-likeness (QED) is 0.0867. The number of benzene rings is 2. The van der Waals surface area contributed by atoms with Gasteiger partial charge in [0, 0.05) is 5.56 Å². The van der Waals surface area contributed by atoms with Crippen LogP contribution in [0.5, 0.6) is 0 Å². The van der Waals surface area contributed by atoms with Crippen LogP contribution in [-0.4, -0.2) is 59.9 Å². The summed E-state index contributed by atoms with van der Waals surface area (Å²) in [5.41, 5.74) is 0.571. The molecule has 1 aliphatic rings. The number of ether oxygens (including phenoxy) is 1. The second kappa shape index (κ2) is 12.9. The smallest absolute Gasteiger partial charge is 0.435 e. The summed E-state index contributed by atoms with van der Waals surface area (Å²) in [5, 5.41) is 20.2. The van der Waals surface area contributed by atoms with Crippen LogP contribution in [0.2, 0.25) is 0 Å².